The molecule has 0 atom stereocenters. The van der Waals surface area contributed by atoms with Crippen LogP contribution in [0.25, 0.3) is 154 Å². The summed E-state index contributed by atoms with van der Waals surface area (Å²) in [6.45, 7) is 0. The van der Waals surface area contributed by atoms with E-state index in [0.29, 0.717) is 33.9 Å². The predicted octanol–water partition coefficient (Wildman–Crippen LogP) is 17.6. The molecule has 0 bridgehead atoms. The Balaban J connectivity index is 1.24. The summed E-state index contributed by atoms with van der Waals surface area (Å²) in [7, 11) is 0. The van der Waals surface area contributed by atoms with Crippen LogP contribution in [-0.4, -0.2) is 18.3 Å². The molecule has 350 valence electrons. The number of nitriles is 2. The fourth-order valence-electron chi connectivity index (χ4n) is 13.1. The largest absolute Gasteiger partial charge is 0.456 e. The highest BCUT2D eigenvalue weighted by Crippen LogP contribution is 2.51. The minimum atomic E-state index is 0.329. The summed E-state index contributed by atoms with van der Waals surface area (Å²) < 4.78 is 22.6. The van der Waals surface area contributed by atoms with Gasteiger partial charge in [-0.25, -0.2) is 0 Å². The lowest BCUT2D eigenvalue weighted by Crippen LogP contribution is -2.17. The molecule has 6 heterocycles. The third-order valence-electron chi connectivity index (χ3n) is 16.0. The van der Waals surface area contributed by atoms with Crippen LogP contribution in [0, 0.1) is 22.7 Å². The summed E-state index contributed by atoms with van der Waals surface area (Å²) >= 11 is 0. The van der Waals surface area contributed by atoms with Crippen molar-refractivity contribution in [3.63, 3.8) is 0 Å². The molecule has 8 heteroatoms. The maximum atomic E-state index is 12.7. The number of aromatic nitrogens is 4. The number of benzene rings is 11. The molecule has 0 spiro atoms. The normalized spacial score (nSPS) is 12.2. The van der Waals surface area contributed by atoms with Crippen LogP contribution in [0.4, 0.5) is 0 Å². The summed E-state index contributed by atoms with van der Waals surface area (Å²) in [5.41, 5.74) is 13.1. The van der Waals surface area contributed by atoms with E-state index < -0.39 is 0 Å². The van der Waals surface area contributed by atoms with Gasteiger partial charge in [0.2, 0.25) is 0 Å². The van der Waals surface area contributed by atoms with Crippen LogP contribution >= 0.6 is 0 Å². The second-order valence-electron chi connectivity index (χ2n) is 19.7. The zero-order valence-corrected chi connectivity index (χ0v) is 40.3. The predicted molar refractivity (Wildman–Crippen MR) is 308 cm³/mol. The van der Waals surface area contributed by atoms with Crippen molar-refractivity contribution in [3.8, 4) is 34.9 Å². The van der Waals surface area contributed by atoms with E-state index >= 15 is 0 Å². The summed E-state index contributed by atoms with van der Waals surface area (Å²) in [5, 5.41) is 37.2. The van der Waals surface area contributed by atoms with Crippen molar-refractivity contribution in [1.29, 1.82) is 10.5 Å². The lowest BCUT2D eigenvalue weighted by molar-refractivity contribution is 0.669. The standard InChI is InChI=1S/C68H36N6O2/c69-37-49-63(71-51-25-9-1-17-39(51)40-18-2-10-26-52(40)71)50(38-70)67(74-56-30-14-6-22-44(56)46-34-36-60-62(65(46)74)48-24-8-16-32-58(48)76-60)68(72-53-27-11-3-19-41(53)42-20-4-12-28-54(42)72)66(49)73-55-29-13-5-21-43(55)45-33-35-59-61(64(45)73)47-23-7-15-31-57(47)75-59/h1-36H. The smallest absolute Gasteiger partial charge is 0.137 e. The van der Waals surface area contributed by atoms with Gasteiger partial charge in [-0.2, -0.15) is 10.5 Å². The zero-order valence-electron chi connectivity index (χ0n) is 40.3. The lowest BCUT2D eigenvalue weighted by atomic mass is 9.98. The summed E-state index contributed by atoms with van der Waals surface area (Å²) in [6, 6.07) is 81.1. The van der Waals surface area contributed by atoms with E-state index in [9.17, 15) is 10.5 Å². The Hall–Kier alpha value is -10.8. The van der Waals surface area contributed by atoms with E-state index in [1.807, 2.05) is 36.4 Å². The van der Waals surface area contributed by atoms with E-state index in [4.69, 9.17) is 8.83 Å². The molecule has 8 nitrogen and oxygen atoms in total. The maximum absolute atomic E-state index is 12.7. The van der Waals surface area contributed by atoms with Crippen LogP contribution in [0.15, 0.2) is 227 Å². The van der Waals surface area contributed by atoms with Gasteiger partial charge in [-0.05, 0) is 72.8 Å². The molecule has 0 amide bonds. The van der Waals surface area contributed by atoms with E-state index in [2.05, 4.69) is 212 Å². The highest BCUT2D eigenvalue weighted by molar-refractivity contribution is 6.27. The van der Waals surface area contributed by atoms with Crippen molar-refractivity contribution >= 4 is 131 Å². The van der Waals surface area contributed by atoms with Crippen molar-refractivity contribution < 1.29 is 8.83 Å². The van der Waals surface area contributed by atoms with Crippen molar-refractivity contribution in [2.45, 2.75) is 0 Å². The van der Waals surface area contributed by atoms with Crippen molar-refractivity contribution in [3.05, 3.63) is 230 Å². The molecule has 0 aliphatic carbocycles. The molecule has 0 fully saturated rings. The van der Waals surface area contributed by atoms with E-state index in [1.165, 1.54) is 0 Å². The first-order chi connectivity index (χ1) is 37.7. The first-order valence-corrected chi connectivity index (χ1v) is 25.4. The third kappa shape index (κ3) is 5.09. The van der Waals surface area contributed by atoms with E-state index in [-0.39, 0.29) is 0 Å². The number of para-hydroxylation sites is 8. The molecule has 17 rings (SSSR count). The van der Waals surface area contributed by atoms with E-state index in [0.717, 1.165) is 131 Å². The molecule has 0 aliphatic rings. The van der Waals surface area contributed by atoms with Gasteiger partial charge in [0.1, 0.15) is 45.6 Å². The van der Waals surface area contributed by atoms with Gasteiger partial charge >= 0.3 is 0 Å². The highest BCUT2D eigenvalue weighted by atomic mass is 16.3. The fourth-order valence-corrected chi connectivity index (χ4v) is 13.1. The molecule has 0 saturated heterocycles. The summed E-state index contributed by atoms with van der Waals surface area (Å²) in [5.74, 6) is 0. The summed E-state index contributed by atoms with van der Waals surface area (Å²) in [6.07, 6.45) is 0. The Labute approximate surface area is 431 Å². The lowest BCUT2D eigenvalue weighted by Gasteiger charge is -2.27. The van der Waals surface area contributed by atoms with Gasteiger partial charge in [-0.15, -0.1) is 0 Å². The first-order valence-electron chi connectivity index (χ1n) is 25.4. The topological polar surface area (TPSA) is 93.6 Å². The van der Waals surface area contributed by atoms with E-state index in [1.54, 1.807) is 0 Å². The van der Waals surface area contributed by atoms with Gasteiger partial charge < -0.3 is 27.1 Å². The molecule has 11 aromatic carbocycles. The van der Waals surface area contributed by atoms with Gasteiger partial charge in [0, 0.05) is 53.9 Å². The van der Waals surface area contributed by atoms with Crippen LogP contribution < -0.4 is 0 Å². The van der Waals surface area contributed by atoms with Gasteiger partial charge in [0.25, 0.3) is 0 Å². The number of fused-ring (bicyclic) bond motifs is 20. The second kappa shape index (κ2) is 14.9. The van der Waals surface area contributed by atoms with Crippen LogP contribution in [0.2, 0.25) is 0 Å². The van der Waals surface area contributed by atoms with Gasteiger partial charge in [0.15, 0.2) is 0 Å². The maximum Gasteiger partial charge on any atom is 0.137 e. The van der Waals surface area contributed by atoms with Crippen molar-refractivity contribution in [1.82, 2.24) is 18.3 Å². The minimum absolute atomic E-state index is 0.329. The Morgan fingerprint density at radius 2 is 0.539 bits per heavy atom. The minimum Gasteiger partial charge on any atom is -0.456 e. The molecule has 0 N–H and O–H groups in total. The third-order valence-corrected chi connectivity index (χ3v) is 16.0. The quantitative estimate of drug-likeness (QED) is 0.176. The monoisotopic (exact) mass is 968 g/mol. The Bertz CT molecular complexity index is 5190. The van der Waals surface area contributed by atoms with Crippen molar-refractivity contribution in [2.24, 2.45) is 0 Å². The molecule has 76 heavy (non-hydrogen) atoms. The number of hydrogen-bond acceptors (Lipinski definition) is 4. The second-order valence-corrected chi connectivity index (χ2v) is 19.7. The van der Waals surface area contributed by atoms with Crippen LogP contribution in [0.3, 0.4) is 0 Å². The Morgan fingerprint density at radius 3 is 0.895 bits per heavy atom. The molecule has 6 aromatic heterocycles. The SMILES string of the molecule is N#Cc1c(-n2c3ccccc3c3ccccc32)c(C#N)c(-n2c3ccccc3c3ccc4oc5ccccc5c4c32)c(-n2c3ccccc3c3ccccc32)c1-n1c2ccccc2c2ccc3oc4ccccc4c3c21. The average Bonchev–Trinajstić information content (AvgIpc) is 4.44. The van der Waals surface area contributed by atoms with Gasteiger partial charge in [0.05, 0.1) is 77.7 Å². The number of nitrogens with zero attached hydrogens (tertiary/aromatic N) is 6. The van der Waals surface area contributed by atoms with Crippen molar-refractivity contribution in [2.75, 3.05) is 0 Å². The molecular weight excluding hydrogens is 933 g/mol. The zero-order chi connectivity index (χ0) is 49.9. The molecule has 0 saturated carbocycles. The van der Waals surface area contributed by atoms with Crippen LogP contribution in [0.5, 0.6) is 0 Å². The Kier molecular flexibility index (Phi) is 7.99. The van der Waals surface area contributed by atoms with Crippen LogP contribution in [-0.2, 0) is 0 Å². The fraction of sp³-hybridized carbons (Fsp3) is 0. The Morgan fingerprint density at radius 1 is 0.250 bits per heavy atom. The first kappa shape index (κ1) is 40.8. The molecule has 0 radical (unpaired) electrons. The number of hydrogen-bond donors (Lipinski definition) is 0. The number of rotatable bonds is 4. The molecular formula is C68H36N6O2. The average molecular weight is 969 g/mol. The van der Waals surface area contributed by atoms with Gasteiger partial charge in [-0.1, -0.05) is 146 Å². The number of furan rings is 2. The molecule has 0 aliphatic heterocycles. The molecule has 0 unspecified atom stereocenters. The summed E-state index contributed by atoms with van der Waals surface area (Å²) in [4.78, 5) is 0. The van der Waals surface area contributed by atoms with Gasteiger partial charge in [-0.3, -0.25) is 0 Å². The molecule has 17 aromatic rings. The van der Waals surface area contributed by atoms with Crippen LogP contribution in [0.1, 0.15) is 11.1 Å². The highest BCUT2D eigenvalue weighted by Gasteiger charge is 2.35.